The van der Waals surface area contributed by atoms with Crippen LogP contribution in [0.15, 0.2) is 60.7 Å². The van der Waals surface area contributed by atoms with Crippen LogP contribution < -0.4 is 20.7 Å². The molecule has 0 aromatic heterocycles. The molecule has 46 heavy (non-hydrogen) atoms. The van der Waals surface area contributed by atoms with Crippen molar-refractivity contribution in [3.63, 3.8) is 0 Å². The van der Waals surface area contributed by atoms with Gasteiger partial charge in [0.1, 0.15) is 17.4 Å². The molecule has 3 aromatic carbocycles. The number of nitrogens with one attached hydrogen (secondary N) is 3. The average Bonchev–Trinajstić information content (AvgIpc) is 3.01. The molecule has 244 valence electrons. The maximum absolute atomic E-state index is 14.0. The Morgan fingerprint density at radius 3 is 2.11 bits per heavy atom. The number of carboxylic acid groups (broad SMARTS) is 1. The van der Waals surface area contributed by atoms with Crippen molar-refractivity contribution in [3.8, 4) is 5.75 Å². The third-order valence-corrected chi connectivity index (χ3v) is 8.54. The number of aliphatic carboxylic acids is 1. The summed E-state index contributed by atoms with van der Waals surface area (Å²) < 4.78 is 5.52. The molecule has 4 rings (SSSR count). The maximum Gasteiger partial charge on any atom is 0.326 e. The first-order valence-corrected chi connectivity index (χ1v) is 15.9. The van der Waals surface area contributed by atoms with E-state index in [0.29, 0.717) is 17.0 Å². The van der Waals surface area contributed by atoms with Crippen LogP contribution in [-0.2, 0) is 11.2 Å². The molecule has 3 aromatic rings. The Hall–Kier alpha value is -4.28. The summed E-state index contributed by atoms with van der Waals surface area (Å²) in [6, 6.07) is 14.1. The second kappa shape index (κ2) is 15.8. The predicted octanol–water partition coefficient (Wildman–Crippen LogP) is 7.26. The van der Waals surface area contributed by atoms with E-state index in [9.17, 15) is 24.3 Å². The van der Waals surface area contributed by atoms with Crippen LogP contribution in [0.5, 0.6) is 5.75 Å². The number of carbonyl (C=O) groups is 4. The van der Waals surface area contributed by atoms with Crippen LogP contribution in [0, 0.1) is 0 Å². The van der Waals surface area contributed by atoms with Gasteiger partial charge in [0.2, 0.25) is 0 Å². The summed E-state index contributed by atoms with van der Waals surface area (Å²) in [5.74, 6) is -1.68. The van der Waals surface area contributed by atoms with Gasteiger partial charge in [-0.05, 0) is 68.7 Å². The number of urea groups is 1. The zero-order chi connectivity index (χ0) is 33.4. The molecule has 1 atom stereocenters. The summed E-state index contributed by atoms with van der Waals surface area (Å²) >= 11 is 12.3. The van der Waals surface area contributed by atoms with E-state index in [1.54, 1.807) is 60.7 Å². The lowest BCUT2D eigenvalue weighted by molar-refractivity contribution is -0.139. The van der Waals surface area contributed by atoms with Crippen molar-refractivity contribution < 1.29 is 29.0 Å². The number of nitrogens with zero attached hydrogens (tertiary/aromatic N) is 1. The standard InChI is InChI=1S/C34H38Cl2N4O6/c1-20(2)40(23-9-5-4-6-10-23)32(42)30-26(13-8-14-28(30)46-3)38-34(45)39-27(33(43)44)19-21-15-17-22(18-16-21)37-31(41)29-24(35)11-7-12-25(29)36/h7-8,11-18,20,23,27H,4-6,9-10,19H2,1-3H3,(H,37,41)(H,43,44)(H2,38,39,45)/t27-/m0/s1. The highest BCUT2D eigenvalue weighted by Gasteiger charge is 2.32. The average molecular weight is 670 g/mol. The molecule has 0 saturated heterocycles. The smallest absolute Gasteiger partial charge is 0.326 e. The first-order chi connectivity index (χ1) is 22.0. The number of methoxy groups -OCH3 is 1. The summed E-state index contributed by atoms with van der Waals surface area (Å²) in [5.41, 5.74) is 1.61. The molecule has 4 amide bonds. The Balaban J connectivity index is 1.46. The Labute approximate surface area is 278 Å². The van der Waals surface area contributed by atoms with E-state index in [0.717, 1.165) is 32.1 Å². The Kier molecular flexibility index (Phi) is 11.9. The molecule has 0 spiro atoms. The topological polar surface area (TPSA) is 137 Å². The molecular weight excluding hydrogens is 631 g/mol. The number of hydrogen-bond acceptors (Lipinski definition) is 5. The van der Waals surface area contributed by atoms with Crippen molar-refractivity contribution in [3.05, 3.63) is 87.4 Å². The Morgan fingerprint density at radius 2 is 1.52 bits per heavy atom. The number of amides is 4. The van der Waals surface area contributed by atoms with Crippen molar-refractivity contribution in [2.24, 2.45) is 0 Å². The predicted molar refractivity (Wildman–Crippen MR) is 179 cm³/mol. The van der Waals surface area contributed by atoms with Crippen LogP contribution in [-0.4, -0.2) is 59.1 Å². The van der Waals surface area contributed by atoms with Crippen LogP contribution in [0.4, 0.5) is 16.2 Å². The maximum atomic E-state index is 14.0. The minimum atomic E-state index is -1.29. The van der Waals surface area contributed by atoms with Gasteiger partial charge in [0.05, 0.1) is 28.4 Å². The van der Waals surface area contributed by atoms with Crippen molar-refractivity contribution in [2.45, 2.75) is 70.5 Å². The van der Waals surface area contributed by atoms with Gasteiger partial charge >= 0.3 is 12.0 Å². The molecule has 10 nitrogen and oxygen atoms in total. The first-order valence-electron chi connectivity index (χ1n) is 15.1. The SMILES string of the molecule is COc1cccc(NC(=O)N[C@@H](Cc2ccc(NC(=O)c3c(Cl)cccc3Cl)cc2)C(=O)O)c1C(=O)N(C(C)C)C1CCCCC1. The molecule has 0 aliphatic heterocycles. The summed E-state index contributed by atoms with van der Waals surface area (Å²) in [4.78, 5) is 53.8. The van der Waals surface area contributed by atoms with E-state index < -0.39 is 23.9 Å². The van der Waals surface area contributed by atoms with E-state index >= 15 is 0 Å². The van der Waals surface area contributed by atoms with E-state index in [2.05, 4.69) is 16.0 Å². The zero-order valence-corrected chi connectivity index (χ0v) is 27.5. The monoisotopic (exact) mass is 668 g/mol. The van der Waals surface area contributed by atoms with Crippen LogP contribution in [0.2, 0.25) is 10.0 Å². The molecule has 12 heteroatoms. The molecule has 0 unspecified atom stereocenters. The van der Waals surface area contributed by atoms with Gasteiger partial charge in [-0.25, -0.2) is 9.59 Å². The number of ether oxygens (including phenoxy) is 1. The van der Waals surface area contributed by atoms with Crippen LogP contribution in [0.25, 0.3) is 0 Å². The van der Waals surface area contributed by atoms with Crippen molar-refractivity contribution in [2.75, 3.05) is 17.7 Å². The van der Waals surface area contributed by atoms with E-state index in [4.69, 9.17) is 27.9 Å². The molecule has 0 bridgehead atoms. The molecule has 4 N–H and O–H groups in total. The van der Waals surface area contributed by atoms with Gasteiger partial charge in [-0.2, -0.15) is 0 Å². The van der Waals surface area contributed by atoms with Gasteiger partial charge in [0.25, 0.3) is 11.8 Å². The van der Waals surface area contributed by atoms with Crippen molar-refractivity contribution >= 4 is 58.4 Å². The lowest BCUT2D eigenvalue weighted by atomic mass is 9.92. The summed E-state index contributed by atoms with van der Waals surface area (Å²) in [6.07, 6.45) is 5.01. The highest BCUT2D eigenvalue weighted by molar-refractivity contribution is 6.40. The number of anilines is 2. The highest BCUT2D eigenvalue weighted by atomic mass is 35.5. The number of carboxylic acids is 1. The molecule has 0 radical (unpaired) electrons. The molecular formula is C34H38Cl2N4O6. The molecule has 1 saturated carbocycles. The number of carbonyl (C=O) groups excluding carboxylic acids is 3. The lowest BCUT2D eigenvalue weighted by Crippen LogP contribution is -2.46. The number of hydrogen-bond donors (Lipinski definition) is 4. The Bertz CT molecular complexity index is 1550. The van der Waals surface area contributed by atoms with Crippen LogP contribution in [0.3, 0.4) is 0 Å². The van der Waals surface area contributed by atoms with E-state index in [1.807, 2.05) is 18.7 Å². The van der Waals surface area contributed by atoms with Crippen LogP contribution in [0.1, 0.15) is 72.2 Å². The van der Waals surface area contributed by atoms with Crippen molar-refractivity contribution in [1.29, 1.82) is 0 Å². The zero-order valence-electron chi connectivity index (χ0n) is 25.9. The number of benzene rings is 3. The second-order valence-corrected chi connectivity index (χ2v) is 12.2. The van der Waals surface area contributed by atoms with E-state index in [-0.39, 0.29) is 51.3 Å². The van der Waals surface area contributed by atoms with E-state index in [1.165, 1.54) is 7.11 Å². The lowest BCUT2D eigenvalue weighted by Gasteiger charge is -2.38. The quantitative estimate of drug-likeness (QED) is 0.170. The minimum Gasteiger partial charge on any atom is -0.496 e. The summed E-state index contributed by atoms with van der Waals surface area (Å²) in [6.45, 7) is 3.93. The van der Waals surface area contributed by atoms with Gasteiger partial charge in [0.15, 0.2) is 0 Å². The largest absolute Gasteiger partial charge is 0.496 e. The first kappa shape index (κ1) is 34.6. The van der Waals surface area contributed by atoms with Gasteiger partial charge in [0, 0.05) is 24.2 Å². The third kappa shape index (κ3) is 8.50. The molecule has 0 heterocycles. The molecule has 1 fully saturated rings. The van der Waals surface area contributed by atoms with Crippen LogP contribution >= 0.6 is 23.2 Å². The molecule has 1 aliphatic carbocycles. The number of rotatable bonds is 11. The fourth-order valence-corrected chi connectivity index (χ4v) is 6.29. The van der Waals surface area contributed by atoms with Crippen molar-refractivity contribution in [1.82, 2.24) is 10.2 Å². The minimum absolute atomic E-state index is 0.0416. The second-order valence-electron chi connectivity index (χ2n) is 11.4. The Morgan fingerprint density at radius 1 is 0.891 bits per heavy atom. The van der Waals surface area contributed by atoms with Gasteiger partial charge in [-0.15, -0.1) is 0 Å². The third-order valence-electron chi connectivity index (χ3n) is 7.91. The summed E-state index contributed by atoms with van der Waals surface area (Å²) in [5, 5.41) is 18.2. The highest BCUT2D eigenvalue weighted by Crippen LogP contribution is 2.32. The van der Waals surface area contributed by atoms with Gasteiger partial charge in [-0.3, -0.25) is 9.59 Å². The fourth-order valence-electron chi connectivity index (χ4n) is 5.72. The van der Waals surface area contributed by atoms with Gasteiger partial charge in [-0.1, -0.05) is 66.7 Å². The summed E-state index contributed by atoms with van der Waals surface area (Å²) in [7, 11) is 1.46. The normalized spacial score (nSPS) is 13.9. The number of halogens is 2. The molecule has 1 aliphatic rings. The fraction of sp³-hybridized carbons (Fsp3) is 0.353. The van der Waals surface area contributed by atoms with Gasteiger partial charge < -0.3 is 30.7 Å².